The predicted octanol–water partition coefficient (Wildman–Crippen LogP) is 4.82. The Morgan fingerprint density at radius 3 is 2.40 bits per heavy atom. The second-order valence-corrected chi connectivity index (χ2v) is 13.2. The highest BCUT2D eigenvalue weighted by atomic mass is 35.5. The number of anilines is 1. The third-order valence-electron chi connectivity index (χ3n) is 7.64. The quantitative estimate of drug-likeness (QED) is 0.230. The Labute approximate surface area is 272 Å². The highest BCUT2D eigenvalue weighted by molar-refractivity contribution is 7.92. The molecule has 0 saturated heterocycles. The summed E-state index contributed by atoms with van der Waals surface area (Å²) >= 11 is 6.75. The van der Waals surface area contributed by atoms with Crippen molar-refractivity contribution in [2.45, 2.75) is 19.0 Å². The Bertz CT molecular complexity index is 2310. The number of hydrogen-bond donors (Lipinski definition) is 1. The van der Waals surface area contributed by atoms with Crippen molar-refractivity contribution in [1.82, 2.24) is 24.3 Å². The van der Waals surface area contributed by atoms with Crippen LogP contribution in [0.1, 0.15) is 23.0 Å². The molecule has 0 unspecified atom stereocenters. The second kappa shape index (κ2) is 12.4. The maximum absolute atomic E-state index is 14.2. The molecule has 0 spiro atoms. The molecule has 0 aliphatic rings. The number of halogens is 3. The molecule has 11 nitrogen and oxygen atoms in total. The molecular formula is C32H28ClF2N7O4S. The molecule has 0 fully saturated rings. The van der Waals surface area contributed by atoms with Crippen LogP contribution in [0.4, 0.5) is 14.6 Å². The summed E-state index contributed by atoms with van der Waals surface area (Å²) in [6.07, 6.45) is 2.47. The van der Waals surface area contributed by atoms with Crippen molar-refractivity contribution in [3.8, 4) is 11.4 Å². The number of nitrogens with two attached hydrogens (primary N) is 1. The first-order valence-corrected chi connectivity index (χ1v) is 16.4. The second-order valence-electron chi connectivity index (χ2n) is 10.9. The van der Waals surface area contributed by atoms with Crippen molar-refractivity contribution < 1.29 is 21.9 Å². The highest BCUT2D eigenvalue weighted by Crippen LogP contribution is 2.38. The third-order valence-corrected chi connectivity index (χ3v) is 9.06. The molecular weight excluding hydrogens is 652 g/mol. The summed E-state index contributed by atoms with van der Waals surface area (Å²) in [5, 5.41) is 5.20. The summed E-state index contributed by atoms with van der Waals surface area (Å²) in [7, 11) is -0.783. The van der Waals surface area contributed by atoms with Gasteiger partial charge in [-0.3, -0.25) is 14.0 Å². The van der Waals surface area contributed by atoms with Gasteiger partial charge in [-0.1, -0.05) is 23.7 Å². The van der Waals surface area contributed by atoms with Crippen LogP contribution >= 0.6 is 11.6 Å². The van der Waals surface area contributed by atoms with E-state index in [0.717, 1.165) is 28.8 Å². The standard InChI is InChI=1S/C32H28ClF2N7O4S/c1-40-28-26(11-10-24(33)27(28)31(39-40)41(47(3,44)45)17-18-6-8-22(46-2)9-7-18)42-30(38-29-23(32(42)43)5-4-12-37-29)25(36)15-19-13-20(34)16-21(35)14-19/h4-14,16,25H,15,17,36H2,1-3H3/t25-/m0/s1. The van der Waals surface area contributed by atoms with Crippen LogP contribution in [0.2, 0.25) is 5.02 Å². The number of methoxy groups -OCH3 is 1. The number of nitrogens with zero attached hydrogens (tertiary/aromatic N) is 6. The van der Waals surface area contributed by atoms with Gasteiger partial charge in [0.25, 0.3) is 5.56 Å². The lowest BCUT2D eigenvalue weighted by molar-refractivity contribution is 0.414. The third kappa shape index (κ3) is 6.14. The molecule has 3 heterocycles. The molecule has 0 saturated carbocycles. The Kier molecular flexibility index (Phi) is 8.42. The van der Waals surface area contributed by atoms with Crippen LogP contribution in [0.3, 0.4) is 0 Å². The van der Waals surface area contributed by atoms with E-state index in [1.165, 1.54) is 28.6 Å². The number of benzene rings is 3. The Balaban J connectivity index is 1.57. The number of sulfonamides is 1. The van der Waals surface area contributed by atoms with Gasteiger partial charge in [0.15, 0.2) is 11.5 Å². The predicted molar refractivity (Wildman–Crippen MR) is 175 cm³/mol. The fourth-order valence-electron chi connectivity index (χ4n) is 5.53. The first-order valence-electron chi connectivity index (χ1n) is 14.2. The van der Waals surface area contributed by atoms with Gasteiger partial charge >= 0.3 is 0 Å². The minimum Gasteiger partial charge on any atom is -0.497 e. The molecule has 242 valence electrons. The summed E-state index contributed by atoms with van der Waals surface area (Å²) in [4.78, 5) is 23.0. The monoisotopic (exact) mass is 679 g/mol. The maximum Gasteiger partial charge on any atom is 0.267 e. The summed E-state index contributed by atoms with van der Waals surface area (Å²) in [5.74, 6) is -0.848. The molecule has 3 aromatic heterocycles. The van der Waals surface area contributed by atoms with E-state index in [-0.39, 0.29) is 57.3 Å². The van der Waals surface area contributed by atoms with E-state index in [0.29, 0.717) is 16.8 Å². The minimum absolute atomic E-state index is 0.0391. The molecule has 2 N–H and O–H groups in total. The normalized spacial score (nSPS) is 12.5. The van der Waals surface area contributed by atoms with Gasteiger partial charge in [0.2, 0.25) is 10.0 Å². The van der Waals surface area contributed by atoms with Crippen molar-refractivity contribution in [3.05, 3.63) is 117 Å². The number of pyridine rings is 1. The lowest BCUT2D eigenvalue weighted by atomic mass is 10.0. The van der Waals surface area contributed by atoms with Gasteiger partial charge < -0.3 is 10.5 Å². The van der Waals surface area contributed by atoms with Crippen LogP contribution in [-0.4, -0.2) is 46.1 Å². The fraction of sp³-hybridized carbons (Fsp3) is 0.188. The zero-order valence-corrected chi connectivity index (χ0v) is 26.9. The SMILES string of the molecule is COc1ccc(CN(c2nn(C)c3c(-n4c([C@@H](N)Cc5cc(F)cc(F)c5)nc5ncccc5c4=O)ccc(Cl)c23)S(C)(=O)=O)cc1. The molecule has 0 amide bonds. The van der Waals surface area contributed by atoms with Gasteiger partial charge in [-0.2, -0.15) is 5.10 Å². The van der Waals surface area contributed by atoms with Crippen LogP contribution in [-0.2, 0) is 30.0 Å². The van der Waals surface area contributed by atoms with Gasteiger partial charge in [0.1, 0.15) is 23.2 Å². The topological polar surface area (TPSA) is 138 Å². The van der Waals surface area contributed by atoms with Crippen LogP contribution in [0, 0.1) is 11.6 Å². The molecule has 6 rings (SSSR count). The number of aryl methyl sites for hydroxylation is 1. The highest BCUT2D eigenvalue weighted by Gasteiger charge is 2.29. The van der Waals surface area contributed by atoms with E-state index < -0.39 is 33.3 Å². The van der Waals surface area contributed by atoms with Crippen LogP contribution in [0.15, 0.2) is 77.7 Å². The van der Waals surface area contributed by atoms with Gasteiger partial charge in [-0.25, -0.2) is 31.5 Å². The minimum atomic E-state index is -3.91. The lowest BCUT2D eigenvalue weighted by Gasteiger charge is -2.21. The van der Waals surface area contributed by atoms with E-state index in [1.807, 2.05) is 0 Å². The molecule has 0 bridgehead atoms. The summed E-state index contributed by atoms with van der Waals surface area (Å²) in [5.41, 5.74) is 7.70. The van der Waals surface area contributed by atoms with Gasteiger partial charge in [-0.15, -0.1) is 0 Å². The molecule has 0 aliphatic carbocycles. The lowest BCUT2D eigenvalue weighted by Crippen LogP contribution is -2.30. The number of ether oxygens (including phenoxy) is 1. The van der Waals surface area contributed by atoms with Crippen LogP contribution < -0.4 is 20.3 Å². The van der Waals surface area contributed by atoms with Crippen LogP contribution in [0.5, 0.6) is 5.75 Å². The maximum atomic E-state index is 14.2. The van der Waals surface area contributed by atoms with Gasteiger partial charge in [0.05, 0.1) is 53.0 Å². The fourth-order valence-corrected chi connectivity index (χ4v) is 6.59. The molecule has 15 heteroatoms. The van der Waals surface area contributed by atoms with Gasteiger partial charge in [-0.05, 0) is 66.1 Å². The van der Waals surface area contributed by atoms with Crippen molar-refractivity contribution in [1.29, 1.82) is 0 Å². The average Bonchev–Trinajstić information content (AvgIpc) is 3.37. The Morgan fingerprint density at radius 1 is 1.04 bits per heavy atom. The summed E-state index contributed by atoms with van der Waals surface area (Å²) in [6.45, 7) is -0.0705. The number of rotatable bonds is 9. The Morgan fingerprint density at radius 2 is 1.74 bits per heavy atom. The van der Waals surface area contributed by atoms with E-state index in [4.69, 9.17) is 22.1 Å². The Hall–Kier alpha value is -4.92. The molecule has 47 heavy (non-hydrogen) atoms. The van der Waals surface area contributed by atoms with E-state index in [1.54, 1.807) is 49.5 Å². The number of fused-ring (bicyclic) bond motifs is 2. The van der Waals surface area contributed by atoms with Crippen molar-refractivity contribution >= 4 is 49.4 Å². The average molecular weight is 680 g/mol. The molecule has 1 atom stereocenters. The molecule has 3 aromatic carbocycles. The summed E-state index contributed by atoms with van der Waals surface area (Å²) < 4.78 is 63.6. The molecule has 0 aliphatic heterocycles. The molecule has 0 radical (unpaired) electrons. The molecule has 6 aromatic rings. The zero-order chi connectivity index (χ0) is 33.6. The number of hydrogen-bond acceptors (Lipinski definition) is 8. The van der Waals surface area contributed by atoms with E-state index >= 15 is 0 Å². The van der Waals surface area contributed by atoms with Crippen molar-refractivity contribution in [2.24, 2.45) is 12.8 Å². The van der Waals surface area contributed by atoms with Crippen molar-refractivity contribution in [3.63, 3.8) is 0 Å². The van der Waals surface area contributed by atoms with E-state index in [9.17, 15) is 22.0 Å². The zero-order valence-electron chi connectivity index (χ0n) is 25.4. The largest absolute Gasteiger partial charge is 0.497 e. The van der Waals surface area contributed by atoms with E-state index in [2.05, 4.69) is 15.1 Å². The summed E-state index contributed by atoms with van der Waals surface area (Å²) in [6, 6.07) is 15.2. The van der Waals surface area contributed by atoms with Crippen LogP contribution in [0.25, 0.3) is 27.6 Å². The first-order chi connectivity index (χ1) is 22.3. The number of aromatic nitrogens is 5. The first kappa shape index (κ1) is 32.0. The van der Waals surface area contributed by atoms with Gasteiger partial charge in [0, 0.05) is 19.3 Å². The smallest absolute Gasteiger partial charge is 0.267 e. The van der Waals surface area contributed by atoms with Crippen molar-refractivity contribution in [2.75, 3.05) is 17.7 Å².